The van der Waals surface area contributed by atoms with E-state index in [9.17, 15) is 36.0 Å². The van der Waals surface area contributed by atoms with Crippen LogP contribution in [0.4, 0.5) is 24.5 Å². The Morgan fingerprint density at radius 3 is 2.21 bits per heavy atom. The molecule has 0 radical (unpaired) electrons. The molecule has 2 heterocycles. The van der Waals surface area contributed by atoms with Crippen LogP contribution in [0.2, 0.25) is 10.0 Å². The Morgan fingerprint density at radius 2 is 1.66 bits per heavy atom. The lowest BCUT2D eigenvalue weighted by Gasteiger charge is -2.36. The van der Waals surface area contributed by atoms with E-state index in [1.807, 2.05) is 0 Å². The summed E-state index contributed by atoms with van der Waals surface area (Å²) in [7, 11) is -2.21. The molecule has 47 heavy (non-hydrogen) atoms. The van der Waals surface area contributed by atoms with E-state index in [0.717, 1.165) is 6.08 Å². The van der Waals surface area contributed by atoms with Crippen molar-refractivity contribution in [1.82, 2.24) is 19.4 Å². The van der Waals surface area contributed by atoms with Gasteiger partial charge in [0.25, 0.3) is 11.8 Å². The summed E-state index contributed by atoms with van der Waals surface area (Å²) >= 11 is 12.2. The van der Waals surface area contributed by atoms with Gasteiger partial charge in [-0.25, -0.2) is 13.2 Å². The molecule has 4 N–H and O–H groups in total. The number of amides is 3. The molecule has 0 unspecified atom stereocenters. The summed E-state index contributed by atoms with van der Waals surface area (Å²) in [5.74, 6) is -4.23. The van der Waals surface area contributed by atoms with Crippen molar-refractivity contribution < 1.29 is 45.9 Å². The molecule has 1 fully saturated rings. The van der Waals surface area contributed by atoms with Gasteiger partial charge in [0.15, 0.2) is 0 Å². The predicted octanol–water partition coefficient (Wildman–Crippen LogP) is 4.65. The maximum Gasteiger partial charge on any atom is 0.490 e. The van der Waals surface area contributed by atoms with Gasteiger partial charge < -0.3 is 20.6 Å². The molecule has 0 bridgehead atoms. The number of aromatic nitrogens is 2. The fourth-order valence-corrected chi connectivity index (χ4v) is 6.42. The lowest BCUT2D eigenvalue weighted by atomic mass is 10.0. The number of aromatic amines is 1. The largest absolute Gasteiger partial charge is 0.490 e. The number of carboxylic acids is 1. The maximum absolute atomic E-state index is 13.3. The molecule has 0 saturated carbocycles. The SMILES string of the molecule is C=CC(=O)Nc1cccc(S(=O)(=O)N2CCC(N(C)C(=O)c3[nH]ncc3NC(=O)c3c(Cl)cccc3Cl)CC2)c1.O=C(O)C(F)(F)F. The highest BCUT2D eigenvalue weighted by atomic mass is 35.5. The Bertz CT molecular complexity index is 1760. The number of carboxylic acid groups (broad SMARTS) is 1. The molecule has 0 aliphatic carbocycles. The van der Waals surface area contributed by atoms with E-state index in [1.54, 1.807) is 25.2 Å². The van der Waals surface area contributed by atoms with E-state index < -0.39 is 39.9 Å². The van der Waals surface area contributed by atoms with E-state index in [1.165, 1.54) is 39.7 Å². The number of piperidine rings is 1. The zero-order chi connectivity index (χ0) is 35.1. The standard InChI is InChI=1S/C26H26Cl2N6O5S.C2HF3O2/c1-3-22(35)30-16-6-4-7-18(14-16)40(38,39)34-12-10-17(11-13-34)33(2)26(37)24-21(15-29-32-24)31-25(36)23-19(27)8-5-9-20(23)28;3-2(4,5)1(6)7/h3-9,14-15,17H,1,10-13H2,2H3,(H,29,32)(H,30,35)(H,31,36);(H,6,7). The van der Waals surface area contributed by atoms with Crippen LogP contribution < -0.4 is 10.6 Å². The van der Waals surface area contributed by atoms with Crippen molar-refractivity contribution in [2.75, 3.05) is 30.8 Å². The fraction of sp³-hybridized carbons (Fsp3) is 0.250. The molecule has 1 saturated heterocycles. The van der Waals surface area contributed by atoms with Gasteiger partial charge in [-0.05, 0) is 49.2 Å². The highest BCUT2D eigenvalue weighted by molar-refractivity contribution is 7.89. The zero-order valence-corrected chi connectivity index (χ0v) is 26.7. The number of anilines is 2. The second-order valence-corrected chi connectivity index (χ2v) is 12.5. The summed E-state index contributed by atoms with van der Waals surface area (Å²) < 4.78 is 59.6. The molecule has 1 aliphatic rings. The van der Waals surface area contributed by atoms with Gasteiger partial charge in [-0.2, -0.15) is 22.6 Å². The van der Waals surface area contributed by atoms with E-state index in [2.05, 4.69) is 27.4 Å². The van der Waals surface area contributed by atoms with Crippen molar-refractivity contribution in [2.24, 2.45) is 0 Å². The number of sulfonamides is 1. The number of aliphatic carboxylic acids is 1. The topological polar surface area (TPSA) is 182 Å². The molecule has 19 heteroatoms. The molecule has 3 aromatic rings. The van der Waals surface area contributed by atoms with Crippen molar-refractivity contribution in [1.29, 1.82) is 0 Å². The first kappa shape index (κ1) is 37.0. The second kappa shape index (κ2) is 15.4. The molecule has 0 atom stereocenters. The number of carbonyl (C=O) groups is 4. The third-order valence-electron chi connectivity index (χ3n) is 6.75. The smallest absolute Gasteiger partial charge is 0.475 e. The summed E-state index contributed by atoms with van der Waals surface area (Å²) in [6, 6.07) is 10.4. The Labute approximate surface area is 276 Å². The van der Waals surface area contributed by atoms with Gasteiger partial charge in [0.05, 0.1) is 32.4 Å². The Kier molecular flexibility index (Phi) is 12.1. The number of benzene rings is 2. The van der Waals surface area contributed by atoms with Crippen molar-refractivity contribution in [3.8, 4) is 0 Å². The minimum atomic E-state index is -5.08. The normalized spacial score (nSPS) is 13.9. The Morgan fingerprint density at radius 1 is 1.09 bits per heavy atom. The summed E-state index contributed by atoms with van der Waals surface area (Å²) in [6.07, 6.45) is -1.90. The van der Waals surface area contributed by atoms with Gasteiger partial charge in [-0.1, -0.05) is 41.9 Å². The van der Waals surface area contributed by atoms with E-state index in [0.29, 0.717) is 18.5 Å². The molecular formula is C28H27Cl2F3N6O7S. The van der Waals surface area contributed by atoms with E-state index >= 15 is 0 Å². The number of nitrogens with zero attached hydrogens (tertiary/aromatic N) is 3. The van der Waals surface area contributed by atoms with Crippen molar-refractivity contribution in [3.63, 3.8) is 0 Å². The van der Waals surface area contributed by atoms with Crippen LogP contribution >= 0.6 is 23.2 Å². The summed E-state index contributed by atoms with van der Waals surface area (Å²) in [5.41, 5.74) is 0.625. The molecule has 4 rings (SSSR count). The van der Waals surface area contributed by atoms with Gasteiger partial charge in [0, 0.05) is 31.9 Å². The number of nitrogens with one attached hydrogen (secondary N) is 3. The van der Waals surface area contributed by atoms with Crippen LogP contribution in [0, 0.1) is 0 Å². The summed E-state index contributed by atoms with van der Waals surface area (Å²) in [5, 5.41) is 19.1. The first-order valence-electron chi connectivity index (χ1n) is 13.4. The molecule has 1 aromatic heterocycles. The van der Waals surface area contributed by atoms with E-state index in [4.69, 9.17) is 33.1 Å². The van der Waals surface area contributed by atoms with E-state index in [-0.39, 0.29) is 51.0 Å². The van der Waals surface area contributed by atoms with Gasteiger partial charge in [-0.3, -0.25) is 19.5 Å². The average Bonchev–Trinajstić information content (AvgIpc) is 3.48. The lowest BCUT2D eigenvalue weighted by molar-refractivity contribution is -0.192. The molecule has 252 valence electrons. The van der Waals surface area contributed by atoms with Crippen molar-refractivity contribution >= 4 is 68.3 Å². The van der Waals surface area contributed by atoms with Crippen LogP contribution in [0.1, 0.15) is 33.7 Å². The van der Waals surface area contributed by atoms with Crippen LogP contribution in [0.5, 0.6) is 0 Å². The van der Waals surface area contributed by atoms with Gasteiger partial charge in [0.1, 0.15) is 5.69 Å². The molecular weight excluding hydrogens is 692 g/mol. The second-order valence-electron chi connectivity index (χ2n) is 9.78. The fourth-order valence-electron chi connectivity index (χ4n) is 4.33. The predicted molar refractivity (Wildman–Crippen MR) is 166 cm³/mol. The number of carbonyl (C=O) groups excluding carboxylic acids is 3. The summed E-state index contributed by atoms with van der Waals surface area (Å²) in [4.78, 5) is 48.1. The average molecular weight is 720 g/mol. The Balaban J connectivity index is 0.000000771. The van der Waals surface area contributed by atoms with Crippen LogP contribution in [0.3, 0.4) is 0 Å². The minimum absolute atomic E-state index is 0.0497. The van der Waals surface area contributed by atoms with Crippen molar-refractivity contribution in [2.45, 2.75) is 30.0 Å². The zero-order valence-electron chi connectivity index (χ0n) is 24.3. The third-order valence-corrected chi connectivity index (χ3v) is 9.27. The summed E-state index contributed by atoms with van der Waals surface area (Å²) in [6.45, 7) is 3.76. The molecule has 2 aromatic carbocycles. The highest BCUT2D eigenvalue weighted by Crippen LogP contribution is 2.28. The maximum atomic E-state index is 13.3. The number of halogens is 5. The number of alkyl halides is 3. The molecule has 13 nitrogen and oxygen atoms in total. The van der Waals surface area contributed by atoms with Gasteiger partial charge in [0.2, 0.25) is 15.9 Å². The van der Waals surface area contributed by atoms with Gasteiger partial charge >= 0.3 is 12.1 Å². The molecule has 0 spiro atoms. The van der Waals surface area contributed by atoms with Gasteiger partial charge in [-0.15, -0.1) is 0 Å². The minimum Gasteiger partial charge on any atom is -0.475 e. The molecule has 3 amide bonds. The number of rotatable bonds is 8. The highest BCUT2D eigenvalue weighted by Gasteiger charge is 2.38. The molecule has 1 aliphatic heterocycles. The number of H-pyrrole nitrogens is 1. The number of hydrogen-bond acceptors (Lipinski definition) is 7. The van der Waals surface area contributed by atoms with Crippen LogP contribution in [0.25, 0.3) is 0 Å². The first-order chi connectivity index (χ1) is 22.0. The Hall–Kier alpha value is -4.45. The lowest BCUT2D eigenvalue weighted by Crippen LogP contribution is -2.47. The van der Waals surface area contributed by atoms with Crippen LogP contribution in [-0.4, -0.2) is 89.0 Å². The first-order valence-corrected chi connectivity index (χ1v) is 15.6. The monoisotopic (exact) mass is 718 g/mol. The van der Waals surface area contributed by atoms with Crippen molar-refractivity contribution in [3.05, 3.63) is 82.6 Å². The van der Waals surface area contributed by atoms with Crippen LogP contribution in [0.15, 0.2) is 66.2 Å². The number of hydrogen-bond donors (Lipinski definition) is 4. The quantitative estimate of drug-likeness (QED) is 0.243. The third kappa shape index (κ3) is 9.31. The van der Waals surface area contributed by atoms with Crippen LogP contribution in [-0.2, 0) is 19.6 Å².